The quantitative estimate of drug-likeness (QED) is 0.726. The van der Waals surface area contributed by atoms with E-state index in [0.717, 1.165) is 25.2 Å². The number of likely N-dealkylation sites (tertiary alicyclic amines) is 1. The molecule has 2 aromatic rings. The van der Waals surface area contributed by atoms with E-state index in [9.17, 15) is 9.59 Å². The number of carbonyl (C=O) groups excluding carboxylic acids is 2. The van der Waals surface area contributed by atoms with Gasteiger partial charge in [0.25, 0.3) is 0 Å². The number of carbonyl (C=O) groups is 2. The molecule has 0 spiro atoms. The van der Waals surface area contributed by atoms with Gasteiger partial charge in [0.05, 0.1) is 6.42 Å². The number of hydrogen-bond acceptors (Lipinski definition) is 3. The molecule has 32 heavy (non-hydrogen) atoms. The van der Waals surface area contributed by atoms with Gasteiger partial charge in [-0.1, -0.05) is 54.1 Å². The van der Waals surface area contributed by atoms with Crippen LogP contribution in [0.1, 0.15) is 29.5 Å². The van der Waals surface area contributed by atoms with Crippen molar-refractivity contribution in [2.24, 2.45) is 0 Å². The van der Waals surface area contributed by atoms with Crippen LogP contribution in [0.3, 0.4) is 0 Å². The summed E-state index contributed by atoms with van der Waals surface area (Å²) in [4.78, 5) is 31.4. The summed E-state index contributed by atoms with van der Waals surface area (Å²) in [6, 6.07) is 15.7. The third kappa shape index (κ3) is 5.81. The number of amides is 3. The second kappa shape index (κ2) is 10.8. The molecule has 170 valence electrons. The first kappa shape index (κ1) is 22.6. The Bertz CT molecular complexity index is 937. The van der Waals surface area contributed by atoms with Gasteiger partial charge in [-0.2, -0.15) is 0 Å². The van der Waals surface area contributed by atoms with Crippen LogP contribution in [-0.4, -0.2) is 65.9 Å². The second-order valence-electron chi connectivity index (χ2n) is 8.55. The highest BCUT2D eigenvalue weighted by Gasteiger charge is 2.24. The van der Waals surface area contributed by atoms with Gasteiger partial charge in [-0.25, -0.2) is 4.79 Å². The fourth-order valence-electron chi connectivity index (χ4n) is 4.42. The van der Waals surface area contributed by atoms with E-state index in [1.807, 2.05) is 29.2 Å². The molecule has 2 aromatic carbocycles. The number of rotatable bonds is 6. The summed E-state index contributed by atoms with van der Waals surface area (Å²) in [6.45, 7) is 5.93. The van der Waals surface area contributed by atoms with E-state index in [4.69, 9.17) is 11.6 Å². The molecular formula is C25H31ClN4O2. The molecule has 3 amide bonds. The molecule has 1 N–H and O–H groups in total. The average Bonchev–Trinajstić information content (AvgIpc) is 3.33. The molecule has 7 heteroatoms. The van der Waals surface area contributed by atoms with Crippen LogP contribution in [0.2, 0.25) is 5.02 Å². The third-order valence-corrected chi connectivity index (χ3v) is 6.73. The fourth-order valence-corrected chi connectivity index (χ4v) is 4.63. The molecule has 0 aliphatic carbocycles. The molecule has 2 fully saturated rings. The molecule has 2 aliphatic rings. The van der Waals surface area contributed by atoms with Crippen LogP contribution in [0, 0.1) is 0 Å². The minimum atomic E-state index is -0.0702. The number of halogens is 1. The van der Waals surface area contributed by atoms with Crippen molar-refractivity contribution in [1.29, 1.82) is 0 Å². The highest BCUT2D eigenvalue weighted by molar-refractivity contribution is 6.31. The van der Waals surface area contributed by atoms with Crippen molar-refractivity contribution >= 4 is 23.5 Å². The molecule has 2 aliphatic heterocycles. The zero-order valence-electron chi connectivity index (χ0n) is 18.4. The van der Waals surface area contributed by atoms with Crippen LogP contribution in [0.5, 0.6) is 0 Å². The maximum absolute atomic E-state index is 12.7. The Kier molecular flexibility index (Phi) is 7.66. The highest BCUT2D eigenvalue weighted by Crippen LogP contribution is 2.18. The van der Waals surface area contributed by atoms with Crippen molar-refractivity contribution in [3.8, 4) is 0 Å². The molecule has 2 saturated heterocycles. The average molecular weight is 455 g/mol. The van der Waals surface area contributed by atoms with E-state index in [1.54, 1.807) is 11.0 Å². The number of benzene rings is 2. The van der Waals surface area contributed by atoms with Crippen molar-refractivity contribution in [3.63, 3.8) is 0 Å². The summed E-state index contributed by atoms with van der Waals surface area (Å²) in [7, 11) is 0. The molecule has 0 unspecified atom stereocenters. The lowest BCUT2D eigenvalue weighted by molar-refractivity contribution is -0.131. The van der Waals surface area contributed by atoms with E-state index in [2.05, 4.69) is 28.4 Å². The lowest BCUT2D eigenvalue weighted by Gasteiger charge is -2.35. The van der Waals surface area contributed by atoms with Crippen molar-refractivity contribution in [3.05, 3.63) is 70.2 Å². The predicted octanol–water partition coefficient (Wildman–Crippen LogP) is 3.53. The number of nitrogens with one attached hydrogen (secondary N) is 1. The zero-order valence-corrected chi connectivity index (χ0v) is 19.2. The van der Waals surface area contributed by atoms with Crippen molar-refractivity contribution < 1.29 is 9.59 Å². The summed E-state index contributed by atoms with van der Waals surface area (Å²) in [6.07, 6.45) is 2.83. The van der Waals surface area contributed by atoms with Crippen LogP contribution < -0.4 is 5.32 Å². The van der Waals surface area contributed by atoms with Gasteiger partial charge in [-0.15, -0.1) is 0 Å². The van der Waals surface area contributed by atoms with Gasteiger partial charge in [0.1, 0.15) is 0 Å². The number of urea groups is 1. The Morgan fingerprint density at radius 1 is 0.781 bits per heavy atom. The Hall–Kier alpha value is -2.57. The molecule has 0 atom stereocenters. The highest BCUT2D eigenvalue weighted by atomic mass is 35.5. The van der Waals surface area contributed by atoms with Gasteiger partial charge < -0.3 is 15.1 Å². The van der Waals surface area contributed by atoms with Crippen molar-refractivity contribution in [2.45, 2.75) is 32.4 Å². The van der Waals surface area contributed by atoms with E-state index >= 15 is 0 Å². The Morgan fingerprint density at radius 2 is 1.38 bits per heavy atom. The molecule has 0 radical (unpaired) electrons. The SMILES string of the molecule is O=C(Cc1ccccc1Cl)N1CCN(C(=O)NCc2ccccc2CN2CCCC2)CC1. The standard InChI is InChI=1S/C25H31ClN4O2/c26-23-10-4-3-7-20(23)17-24(31)29-13-15-30(16-14-29)25(32)27-18-21-8-1-2-9-22(21)19-28-11-5-6-12-28/h1-4,7-10H,5-6,11-19H2,(H,27,32). The minimum absolute atomic E-state index is 0.0500. The first-order valence-electron chi connectivity index (χ1n) is 11.4. The molecule has 2 heterocycles. The summed E-state index contributed by atoms with van der Waals surface area (Å²) in [5.74, 6) is 0.0500. The Morgan fingerprint density at radius 3 is 2.06 bits per heavy atom. The van der Waals surface area contributed by atoms with Crippen molar-refractivity contribution in [1.82, 2.24) is 20.0 Å². The summed E-state index contributed by atoms with van der Waals surface area (Å²) < 4.78 is 0. The number of nitrogens with zero attached hydrogens (tertiary/aromatic N) is 3. The van der Waals surface area contributed by atoms with E-state index in [-0.39, 0.29) is 11.9 Å². The summed E-state index contributed by atoms with van der Waals surface area (Å²) >= 11 is 6.18. The Labute approximate surface area is 195 Å². The lowest BCUT2D eigenvalue weighted by atomic mass is 10.1. The van der Waals surface area contributed by atoms with Gasteiger partial charge >= 0.3 is 6.03 Å². The first-order chi connectivity index (χ1) is 15.6. The van der Waals surface area contributed by atoms with E-state index in [0.29, 0.717) is 44.2 Å². The summed E-state index contributed by atoms with van der Waals surface area (Å²) in [5.41, 5.74) is 3.29. The summed E-state index contributed by atoms with van der Waals surface area (Å²) in [5, 5.41) is 3.69. The second-order valence-corrected chi connectivity index (χ2v) is 8.95. The third-order valence-electron chi connectivity index (χ3n) is 6.36. The molecular weight excluding hydrogens is 424 g/mol. The van der Waals surface area contributed by atoms with E-state index < -0.39 is 0 Å². The largest absolute Gasteiger partial charge is 0.339 e. The van der Waals surface area contributed by atoms with Crippen LogP contribution >= 0.6 is 11.6 Å². The van der Waals surface area contributed by atoms with Crippen LogP contribution in [0.4, 0.5) is 4.79 Å². The van der Waals surface area contributed by atoms with Crippen LogP contribution in [-0.2, 0) is 24.3 Å². The number of piperazine rings is 1. The molecule has 4 rings (SSSR count). The van der Waals surface area contributed by atoms with Crippen LogP contribution in [0.25, 0.3) is 0 Å². The minimum Gasteiger partial charge on any atom is -0.339 e. The maximum atomic E-state index is 12.7. The van der Waals surface area contributed by atoms with Gasteiger partial charge in [-0.3, -0.25) is 9.69 Å². The molecule has 0 saturated carbocycles. The maximum Gasteiger partial charge on any atom is 0.317 e. The smallest absolute Gasteiger partial charge is 0.317 e. The predicted molar refractivity (Wildman–Crippen MR) is 126 cm³/mol. The van der Waals surface area contributed by atoms with Crippen molar-refractivity contribution in [2.75, 3.05) is 39.3 Å². The van der Waals surface area contributed by atoms with Gasteiger partial charge in [0.15, 0.2) is 0 Å². The molecule has 6 nitrogen and oxygen atoms in total. The Balaban J connectivity index is 1.24. The lowest BCUT2D eigenvalue weighted by Crippen LogP contribution is -2.53. The van der Waals surface area contributed by atoms with Gasteiger partial charge in [0.2, 0.25) is 5.91 Å². The zero-order chi connectivity index (χ0) is 22.3. The molecule has 0 bridgehead atoms. The van der Waals surface area contributed by atoms with E-state index in [1.165, 1.54) is 24.0 Å². The first-order valence-corrected chi connectivity index (χ1v) is 11.8. The fraction of sp³-hybridized carbons (Fsp3) is 0.440. The van der Waals surface area contributed by atoms with Gasteiger partial charge in [0, 0.05) is 44.3 Å². The number of hydrogen-bond donors (Lipinski definition) is 1. The van der Waals surface area contributed by atoms with Crippen LogP contribution in [0.15, 0.2) is 48.5 Å². The van der Waals surface area contributed by atoms with Gasteiger partial charge in [-0.05, 0) is 48.7 Å². The normalized spacial score (nSPS) is 16.9. The monoisotopic (exact) mass is 454 g/mol. The topological polar surface area (TPSA) is 55.9 Å². The molecule has 0 aromatic heterocycles.